The van der Waals surface area contributed by atoms with E-state index in [2.05, 4.69) is 6.92 Å². The standard InChI is InChI=1S/C6H14N2/c1-2-4-3-5(4)6(7)8/h4-6H,2-3,7-8H2,1H3/t4?,5-/m1/s1. The molecule has 1 saturated carbocycles. The first-order valence-corrected chi connectivity index (χ1v) is 3.27. The lowest BCUT2D eigenvalue weighted by atomic mass is 10.2. The molecule has 0 aromatic heterocycles. The van der Waals surface area contributed by atoms with Crippen molar-refractivity contribution in [1.29, 1.82) is 0 Å². The van der Waals surface area contributed by atoms with E-state index in [4.69, 9.17) is 11.5 Å². The molecule has 2 heteroatoms. The zero-order valence-corrected chi connectivity index (χ0v) is 5.30. The molecule has 0 saturated heterocycles. The molecule has 4 N–H and O–H groups in total. The SMILES string of the molecule is CCC1C[C@H]1C(N)N. The lowest BCUT2D eigenvalue weighted by Crippen LogP contribution is -2.33. The molecular formula is C6H14N2. The van der Waals surface area contributed by atoms with Crippen LogP contribution < -0.4 is 11.5 Å². The van der Waals surface area contributed by atoms with Gasteiger partial charge in [-0.05, 0) is 18.3 Å². The second-order valence-electron chi connectivity index (χ2n) is 2.65. The second kappa shape index (κ2) is 2.03. The molecule has 0 radical (unpaired) electrons. The van der Waals surface area contributed by atoms with Gasteiger partial charge in [0.1, 0.15) is 0 Å². The van der Waals surface area contributed by atoms with E-state index >= 15 is 0 Å². The van der Waals surface area contributed by atoms with Crippen LogP contribution in [-0.2, 0) is 0 Å². The smallest absolute Gasteiger partial charge is 0.0552 e. The first-order valence-electron chi connectivity index (χ1n) is 3.27. The van der Waals surface area contributed by atoms with Crippen LogP contribution in [0.5, 0.6) is 0 Å². The van der Waals surface area contributed by atoms with Gasteiger partial charge < -0.3 is 11.5 Å². The minimum atomic E-state index is -0.0556. The predicted octanol–water partition coefficient (Wildman–Crippen LogP) is 0.276. The Balaban J connectivity index is 2.16. The van der Waals surface area contributed by atoms with E-state index in [0.717, 1.165) is 5.92 Å². The molecule has 0 aromatic rings. The van der Waals surface area contributed by atoms with Crippen molar-refractivity contribution in [3.8, 4) is 0 Å². The van der Waals surface area contributed by atoms with Crippen LogP contribution in [0.25, 0.3) is 0 Å². The molecule has 1 rings (SSSR count). The van der Waals surface area contributed by atoms with Gasteiger partial charge >= 0.3 is 0 Å². The quantitative estimate of drug-likeness (QED) is 0.506. The van der Waals surface area contributed by atoms with Crippen LogP contribution in [0.3, 0.4) is 0 Å². The van der Waals surface area contributed by atoms with E-state index in [-0.39, 0.29) is 6.17 Å². The van der Waals surface area contributed by atoms with E-state index in [1.165, 1.54) is 12.8 Å². The molecule has 2 nitrogen and oxygen atoms in total. The summed E-state index contributed by atoms with van der Waals surface area (Å²) in [6, 6.07) is 0. The lowest BCUT2D eigenvalue weighted by Gasteiger charge is -2.00. The fourth-order valence-electron chi connectivity index (χ4n) is 1.21. The van der Waals surface area contributed by atoms with Crippen molar-refractivity contribution in [3.63, 3.8) is 0 Å². The van der Waals surface area contributed by atoms with Gasteiger partial charge in [0.25, 0.3) is 0 Å². The average Bonchev–Trinajstić information content (AvgIpc) is 2.42. The lowest BCUT2D eigenvalue weighted by molar-refractivity contribution is 0.560. The summed E-state index contributed by atoms with van der Waals surface area (Å²) in [5.41, 5.74) is 10.9. The van der Waals surface area contributed by atoms with Crippen LogP contribution in [0.2, 0.25) is 0 Å². The predicted molar refractivity (Wildman–Crippen MR) is 34.1 cm³/mol. The number of nitrogens with two attached hydrogens (primary N) is 2. The number of hydrogen-bond acceptors (Lipinski definition) is 2. The fraction of sp³-hybridized carbons (Fsp3) is 1.00. The monoisotopic (exact) mass is 114 g/mol. The minimum Gasteiger partial charge on any atom is -0.316 e. The van der Waals surface area contributed by atoms with E-state index < -0.39 is 0 Å². The Kier molecular flexibility index (Phi) is 1.54. The molecule has 0 heterocycles. The van der Waals surface area contributed by atoms with Gasteiger partial charge in [-0.2, -0.15) is 0 Å². The van der Waals surface area contributed by atoms with Gasteiger partial charge in [-0.25, -0.2) is 0 Å². The Morgan fingerprint density at radius 3 is 2.38 bits per heavy atom. The first-order chi connectivity index (χ1) is 3.75. The molecule has 2 atom stereocenters. The molecule has 1 aliphatic carbocycles. The third-order valence-corrected chi connectivity index (χ3v) is 2.00. The minimum absolute atomic E-state index is 0.0556. The summed E-state index contributed by atoms with van der Waals surface area (Å²) in [5, 5.41) is 0. The molecule has 1 unspecified atom stereocenters. The first kappa shape index (κ1) is 6.05. The van der Waals surface area contributed by atoms with E-state index in [9.17, 15) is 0 Å². The van der Waals surface area contributed by atoms with Crippen molar-refractivity contribution in [1.82, 2.24) is 0 Å². The van der Waals surface area contributed by atoms with Gasteiger partial charge in [0, 0.05) is 0 Å². The Morgan fingerprint density at radius 2 is 2.25 bits per heavy atom. The maximum absolute atomic E-state index is 5.44. The van der Waals surface area contributed by atoms with Gasteiger partial charge in [-0.1, -0.05) is 13.3 Å². The summed E-state index contributed by atoms with van der Waals surface area (Å²) in [7, 11) is 0. The molecule has 0 spiro atoms. The topological polar surface area (TPSA) is 52.0 Å². The van der Waals surface area contributed by atoms with Gasteiger partial charge in [0.05, 0.1) is 6.17 Å². The third-order valence-electron chi connectivity index (χ3n) is 2.00. The Labute approximate surface area is 50.2 Å². The van der Waals surface area contributed by atoms with Crippen molar-refractivity contribution in [3.05, 3.63) is 0 Å². The molecule has 0 amide bonds. The summed E-state index contributed by atoms with van der Waals surface area (Å²) in [6.07, 6.45) is 2.45. The Hall–Kier alpha value is -0.0800. The van der Waals surface area contributed by atoms with E-state index in [1.54, 1.807) is 0 Å². The van der Waals surface area contributed by atoms with Crippen molar-refractivity contribution in [2.24, 2.45) is 23.3 Å². The van der Waals surface area contributed by atoms with Gasteiger partial charge in [0.15, 0.2) is 0 Å². The zero-order chi connectivity index (χ0) is 6.15. The van der Waals surface area contributed by atoms with Crippen LogP contribution in [0.4, 0.5) is 0 Å². The maximum Gasteiger partial charge on any atom is 0.0552 e. The molecule has 8 heavy (non-hydrogen) atoms. The van der Waals surface area contributed by atoms with Crippen LogP contribution in [0.15, 0.2) is 0 Å². The Bertz CT molecular complexity index is 80.6. The van der Waals surface area contributed by atoms with Gasteiger partial charge in [-0.3, -0.25) is 0 Å². The molecule has 0 aromatic carbocycles. The van der Waals surface area contributed by atoms with Crippen molar-refractivity contribution < 1.29 is 0 Å². The highest BCUT2D eigenvalue weighted by Gasteiger charge is 2.38. The fourth-order valence-corrected chi connectivity index (χ4v) is 1.21. The Morgan fingerprint density at radius 1 is 1.62 bits per heavy atom. The highest BCUT2D eigenvalue weighted by atomic mass is 14.9. The summed E-state index contributed by atoms with van der Waals surface area (Å²) in [6.45, 7) is 2.19. The summed E-state index contributed by atoms with van der Waals surface area (Å²) >= 11 is 0. The number of rotatable bonds is 2. The number of hydrogen-bond donors (Lipinski definition) is 2. The summed E-state index contributed by atoms with van der Waals surface area (Å²) in [4.78, 5) is 0. The largest absolute Gasteiger partial charge is 0.316 e. The normalized spacial score (nSPS) is 36.0. The summed E-state index contributed by atoms with van der Waals surface area (Å²) < 4.78 is 0. The average molecular weight is 114 g/mol. The molecular weight excluding hydrogens is 100 g/mol. The molecule has 48 valence electrons. The van der Waals surface area contributed by atoms with Gasteiger partial charge in [-0.15, -0.1) is 0 Å². The highest BCUT2D eigenvalue weighted by molar-refractivity contribution is 4.89. The van der Waals surface area contributed by atoms with Crippen LogP contribution >= 0.6 is 0 Å². The van der Waals surface area contributed by atoms with Crippen LogP contribution in [0.1, 0.15) is 19.8 Å². The van der Waals surface area contributed by atoms with Gasteiger partial charge in [0.2, 0.25) is 0 Å². The maximum atomic E-state index is 5.44. The van der Waals surface area contributed by atoms with Crippen molar-refractivity contribution in [2.75, 3.05) is 0 Å². The third kappa shape index (κ3) is 1.01. The van der Waals surface area contributed by atoms with E-state index in [1.807, 2.05) is 0 Å². The summed E-state index contributed by atoms with van der Waals surface area (Å²) in [5.74, 6) is 1.48. The van der Waals surface area contributed by atoms with Crippen molar-refractivity contribution >= 4 is 0 Å². The van der Waals surface area contributed by atoms with Crippen LogP contribution in [0, 0.1) is 11.8 Å². The second-order valence-corrected chi connectivity index (χ2v) is 2.65. The molecule has 0 aliphatic heterocycles. The highest BCUT2D eigenvalue weighted by Crippen LogP contribution is 2.41. The van der Waals surface area contributed by atoms with E-state index in [0.29, 0.717) is 5.92 Å². The molecule has 1 fully saturated rings. The molecule has 0 bridgehead atoms. The van der Waals surface area contributed by atoms with Crippen molar-refractivity contribution in [2.45, 2.75) is 25.9 Å². The molecule has 1 aliphatic rings. The zero-order valence-electron chi connectivity index (χ0n) is 5.30. The van der Waals surface area contributed by atoms with Crippen LogP contribution in [-0.4, -0.2) is 6.17 Å².